The zero-order valence-corrected chi connectivity index (χ0v) is 20.7. The largest absolute Gasteiger partial charge is 0.497 e. The number of carbonyl (C=O) groups is 3. The fourth-order valence-electron chi connectivity index (χ4n) is 4.46. The summed E-state index contributed by atoms with van der Waals surface area (Å²) >= 11 is 0. The van der Waals surface area contributed by atoms with Crippen LogP contribution in [0.15, 0.2) is 72.8 Å². The van der Waals surface area contributed by atoms with Crippen LogP contribution >= 0.6 is 0 Å². The first-order valence-corrected chi connectivity index (χ1v) is 11.5. The topological polar surface area (TPSA) is 97.0 Å². The molecule has 4 rings (SSSR count). The molecule has 4 amide bonds. The lowest BCUT2D eigenvalue weighted by molar-refractivity contribution is -0.135. The Morgan fingerprint density at radius 2 is 1.44 bits per heavy atom. The Kier molecular flexibility index (Phi) is 6.96. The van der Waals surface area contributed by atoms with Gasteiger partial charge >= 0.3 is 6.03 Å². The zero-order valence-electron chi connectivity index (χ0n) is 20.7. The number of hydrogen-bond acceptors (Lipinski definition) is 5. The van der Waals surface area contributed by atoms with Gasteiger partial charge in [-0.25, -0.2) is 4.79 Å². The Labute approximate surface area is 210 Å². The molecular weight excluding hydrogens is 458 g/mol. The molecule has 0 spiro atoms. The molecule has 2 N–H and O–H groups in total. The van der Waals surface area contributed by atoms with E-state index in [-0.39, 0.29) is 0 Å². The van der Waals surface area contributed by atoms with Gasteiger partial charge in [0.25, 0.3) is 5.91 Å². The Balaban J connectivity index is 1.57. The van der Waals surface area contributed by atoms with E-state index in [1.807, 2.05) is 73.7 Å². The minimum Gasteiger partial charge on any atom is -0.497 e. The fraction of sp³-hybridized carbons (Fsp3) is 0.250. The molecule has 0 saturated carbocycles. The molecule has 8 heteroatoms. The van der Waals surface area contributed by atoms with Crippen LogP contribution in [-0.4, -0.2) is 43.5 Å². The van der Waals surface area contributed by atoms with Gasteiger partial charge in [0.05, 0.1) is 20.3 Å². The summed E-state index contributed by atoms with van der Waals surface area (Å²) < 4.78 is 10.5. The summed E-state index contributed by atoms with van der Waals surface area (Å²) in [6.45, 7) is 3.13. The van der Waals surface area contributed by atoms with Crippen molar-refractivity contribution in [2.24, 2.45) is 0 Å². The maximum atomic E-state index is 13.3. The third-order valence-corrected chi connectivity index (χ3v) is 6.46. The minimum absolute atomic E-state index is 0.408. The number of amides is 4. The smallest absolute Gasteiger partial charge is 0.325 e. The van der Waals surface area contributed by atoms with Crippen molar-refractivity contribution in [2.75, 3.05) is 20.8 Å². The van der Waals surface area contributed by atoms with E-state index in [0.29, 0.717) is 17.1 Å². The fourth-order valence-corrected chi connectivity index (χ4v) is 4.46. The molecule has 1 saturated heterocycles. The number of aryl methyl sites for hydroxylation is 1. The van der Waals surface area contributed by atoms with Gasteiger partial charge < -0.3 is 20.1 Å². The lowest BCUT2D eigenvalue weighted by Crippen LogP contribution is -2.44. The number of hydrogen-bond donors (Lipinski definition) is 2. The van der Waals surface area contributed by atoms with Gasteiger partial charge in [0.15, 0.2) is 0 Å². The van der Waals surface area contributed by atoms with Crippen molar-refractivity contribution in [1.82, 2.24) is 15.5 Å². The predicted molar refractivity (Wildman–Crippen MR) is 135 cm³/mol. The van der Waals surface area contributed by atoms with Gasteiger partial charge in [-0.2, -0.15) is 0 Å². The summed E-state index contributed by atoms with van der Waals surface area (Å²) in [7, 11) is 3.17. The number of rotatable bonds is 8. The molecular formula is C28H29N3O5. The highest BCUT2D eigenvalue weighted by Gasteiger charge is 2.50. The quantitative estimate of drug-likeness (QED) is 0.473. The Hall–Kier alpha value is -4.33. The van der Waals surface area contributed by atoms with Crippen molar-refractivity contribution in [1.29, 1.82) is 0 Å². The lowest BCUT2D eigenvalue weighted by atomic mass is 9.88. The number of ether oxygens (including phenoxy) is 2. The molecule has 0 bridgehead atoms. The van der Waals surface area contributed by atoms with Crippen LogP contribution in [0, 0.1) is 6.92 Å². The van der Waals surface area contributed by atoms with Gasteiger partial charge in [0, 0.05) is 0 Å². The van der Waals surface area contributed by atoms with Gasteiger partial charge in [0.2, 0.25) is 5.91 Å². The monoisotopic (exact) mass is 487 g/mol. The van der Waals surface area contributed by atoms with Crippen LogP contribution in [0.1, 0.15) is 35.2 Å². The van der Waals surface area contributed by atoms with Crippen molar-refractivity contribution < 1.29 is 23.9 Å². The van der Waals surface area contributed by atoms with Gasteiger partial charge in [0.1, 0.15) is 23.6 Å². The first kappa shape index (κ1) is 24.8. The average Bonchev–Trinajstić information content (AvgIpc) is 3.11. The zero-order chi connectivity index (χ0) is 25.9. The highest BCUT2D eigenvalue weighted by molar-refractivity contribution is 6.09. The Morgan fingerprint density at radius 1 is 0.917 bits per heavy atom. The van der Waals surface area contributed by atoms with Crippen LogP contribution < -0.4 is 20.1 Å². The van der Waals surface area contributed by atoms with E-state index in [9.17, 15) is 14.4 Å². The molecule has 1 fully saturated rings. The number of carbonyl (C=O) groups excluding carboxylic acids is 3. The standard InChI is InChI=1S/C28H29N3O5/c1-18-7-5-6-8-23(18)28(2)26(33)31(27(34)30-28)17-24(32)29-25(19-9-13-21(35-3)14-10-19)20-11-15-22(36-4)16-12-20/h5-16,25H,17H2,1-4H3,(H,29,32)(H,30,34). The van der Waals surface area contributed by atoms with E-state index >= 15 is 0 Å². The Bertz CT molecular complexity index is 1230. The third kappa shape index (κ3) is 4.75. The second-order valence-electron chi connectivity index (χ2n) is 8.81. The van der Waals surface area contributed by atoms with Crippen molar-refractivity contribution in [3.05, 3.63) is 95.1 Å². The van der Waals surface area contributed by atoms with E-state index in [1.165, 1.54) is 0 Å². The number of nitrogens with zero attached hydrogens (tertiary/aromatic N) is 1. The number of methoxy groups -OCH3 is 2. The maximum absolute atomic E-state index is 13.3. The van der Waals surface area contributed by atoms with Crippen LogP contribution in [0.2, 0.25) is 0 Å². The molecule has 0 radical (unpaired) electrons. The van der Waals surface area contributed by atoms with Crippen LogP contribution in [0.3, 0.4) is 0 Å². The highest BCUT2D eigenvalue weighted by atomic mass is 16.5. The van der Waals surface area contributed by atoms with Gasteiger partial charge in [-0.1, -0.05) is 48.5 Å². The molecule has 3 aromatic carbocycles. The molecule has 0 aromatic heterocycles. The average molecular weight is 488 g/mol. The maximum Gasteiger partial charge on any atom is 0.325 e. The summed E-state index contributed by atoms with van der Waals surface area (Å²) in [4.78, 5) is 40.2. The Morgan fingerprint density at radius 3 is 1.94 bits per heavy atom. The number of benzene rings is 3. The molecule has 1 unspecified atom stereocenters. The van der Waals surface area contributed by atoms with E-state index in [4.69, 9.17) is 9.47 Å². The number of nitrogens with one attached hydrogen (secondary N) is 2. The van der Waals surface area contributed by atoms with E-state index < -0.39 is 36.0 Å². The second-order valence-corrected chi connectivity index (χ2v) is 8.81. The van der Waals surface area contributed by atoms with Crippen molar-refractivity contribution in [3.8, 4) is 11.5 Å². The first-order valence-electron chi connectivity index (χ1n) is 11.5. The summed E-state index contributed by atoms with van der Waals surface area (Å²) in [5.74, 6) is 0.438. The predicted octanol–water partition coefficient (Wildman–Crippen LogP) is 3.69. The van der Waals surface area contributed by atoms with E-state index in [0.717, 1.165) is 21.6 Å². The van der Waals surface area contributed by atoms with Crippen LogP contribution in [0.25, 0.3) is 0 Å². The summed E-state index contributed by atoms with van der Waals surface area (Å²) in [6, 6.07) is 20.9. The molecule has 0 aliphatic carbocycles. The highest BCUT2D eigenvalue weighted by Crippen LogP contribution is 2.31. The molecule has 1 heterocycles. The van der Waals surface area contributed by atoms with Crippen molar-refractivity contribution in [3.63, 3.8) is 0 Å². The van der Waals surface area contributed by atoms with E-state index in [2.05, 4.69) is 10.6 Å². The van der Waals surface area contributed by atoms with Crippen LogP contribution in [-0.2, 0) is 15.1 Å². The molecule has 36 heavy (non-hydrogen) atoms. The number of imide groups is 1. The SMILES string of the molecule is COc1ccc(C(NC(=O)CN2C(=O)NC(C)(c3ccccc3C)C2=O)c2ccc(OC)cc2)cc1. The molecule has 3 aromatic rings. The van der Waals surface area contributed by atoms with Gasteiger partial charge in [-0.3, -0.25) is 14.5 Å². The molecule has 1 atom stereocenters. The van der Waals surface area contributed by atoms with Crippen LogP contribution in [0.5, 0.6) is 11.5 Å². The summed E-state index contributed by atoms with van der Waals surface area (Å²) in [5.41, 5.74) is 1.96. The second kappa shape index (κ2) is 10.1. The third-order valence-electron chi connectivity index (χ3n) is 6.46. The minimum atomic E-state index is -1.24. The number of urea groups is 1. The van der Waals surface area contributed by atoms with Gasteiger partial charge in [-0.15, -0.1) is 0 Å². The molecule has 1 aliphatic heterocycles. The van der Waals surface area contributed by atoms with Gasteiger partial charge in [-0.05, 0) is 60.4 Å². The first-order chi connectivity index (χ1) is 17.3. The van der Waals surface area contributed by atoms with E-state index in [1.54, 1.807) is 27.2 Å². The van der Waals surface area contributed by atoms with Crippen molar-refractivity contribution >= 4 is 17.8 Å². The molecule has 1 aliphatic rings. The lowest BCUT2D eigenvalue weighted by Gasteiger charge is -2.24. The summed E-state index contributed by atoms with van der Waals surface area (Å²) in [6.07, 6.45) is 0. The van der Waals surface area contributed by atoms with Crippen LogP contribution in [0.4, 0.5) is 4.79 Å². The molecule has 186 valence electrons. The summed E-state index contributed by atoms with van der Waals surface area (Å²) in [5, 5.41) is 5.74. The van der Waals surface area contributed by atoms with Crippen molar-refractivity contribution in [2.45, 2.75) is 25.4 Å². The normalized spacial score (nSPS) is 17.2. The molecule has 8 nitrogen and oxygen atoms in total.